The van der Waals surface area contributed by atoms with E-state index in [-0.39, 0.29) is 36.9 Å². The van der Waals surface area contributed by atoms with Crippen molar-refractivity contribution >= 4 is 15.7 Å². The van der Waals surface area contributed by atoms with Crippen molar-refractivity contribution in [2.75, 3.05) is 33.4 Å². The number of hydrogen-bond acceptors (Lipinski definition) is 6. The summed E-state index contributed by atoms with van der Waals surface area (Å²) in [4.78, 5) is 10.0. The fourth-order valence-corrected chi connectivity index (χ4v) is 3.44. The second kappa shape index (κ2) is 7.46. The first-order valence-corrected chi connectivity index (χ1v) is 7.63. The Hall–Kier alpha value is -1.55. The predicted molar refractivity (Wildman–Crippen MR) is 75.6 cm³/mol. The van der Waals surface area contributed by atoms with Crippen LogP contribution in [0.2, 0.25) is 0 Å². The monoisotopic (exact) mass is 318 g/mol. The number of rotatable bonds is 8. The number of nitro benzene ring substituents is 1. The minimum atomic E-state index is -3.93. The van der Waals surface area contributed by atoms with Crippen LogP contribution in [0.5, 0.6) is 0 Å². The number of aliphatic hydroxyl groups excluding tert-OH is 1. The van der Waals surface area contributed by atoms with Crippen molar-refractivity contribution in [3.63, 3.8) is 0 Å². The SMILES string of the molecule is COCCN(CCO)S(=O)(=O)c1cc([N+](=O)[O-])ccc1C. The van der Waals surface area contributed by atoms with Crippen molar-refractivity contribution in [1.82, 2.24) is 4.31 Å². The molecule has 0 aliphatic heterocycles. The number of aliphatic hydroxyl groups is 1. The Labute approximate surface area is 123 Å². The molecule has 0 spiro atoms. The molecule has 0 heterocycles. The molecular weight excluding hydrogens is 300 g/mol. The average molecular weight is 318 g/mol. The lowest BCUT2D eigenvalue weighted by Crippen LogP contribution is -2.36. The first-order chi connectivity index (χ1) is 9.84. The molecule has 0 aliphatic rings. The number of hydrogen-bond donors (Lipinski definition) is 1. The summed E-state index contributed by atoms with van der Waals surface area (Å²) < 4.78 is 31.0. The van der Waals surface area contributed by atoms with Gasteiger partial charge in [-0.2, -0.15) is 4.31 Å². The summed E-state index contributed by atoms with van der Waals surface area (Å²) >= 11 is 0. The Morgan fingerprint density at radius 3 is 2.57 bits per heavy atom. The minimum Gasteiger partial charge on any atom is -0.395 e. The summed E-state index contributed by atoms with van der Waals surface area (Å²) in [7, 11) is -2.50. The number of nitrogens with zero attached hydrogens (tertiary/aromatic N) is 2. The Bertz CT molecular complexity index is 602. The van der Waals surface area contributed by atoms with Gasteiger partial charge in [0.25, 0.3) is 5.69 Å². The maximum absolute atomic E-state index is 12.6. The third kappa shape index (κ3) is 4.21. The molecule has 0 aromatic heterocycles. The quantitative estimate of drug-likeness (QED) is 0.553. The van der Waals surface area contributed by atoms with Crippen molar-refractivity contribution in [3.05, 3.63) is 33.9 Å². The average Bonchev–Trinajstić information content (AvgIpc) is 2.43. The van der Waals surface area contributed by atoms with Crippen LogP contribution in [0.15, 0.2) is 23.1 Å². The van der Waals surface area contributed by atoms with E-state index < -0.39 is 14.9 Å². The molecule has 0 saturated carbocycles. The highest BCUT2D eigenvalue weighted by molar-refractivity contribution is 7.89. The smallest absolute Gasteiger partial charge is 0.270 e. The molecule has 0 amide bonds. The molecular formula is C12H18N2O6S. The Balaban J connectivity index is 3.26. The standard InChI is InChI=1S/C12H18N2O6S/c1-10-3-4-11(14(16)17)9-12(10)21(18,19)13(5-7-15)6-8-20-2/h3-4,9,15H,5-8H2,1-2H3. The van der Waals surface area contributed by atoms with E-state index in [4.69, 9.17) is 9.84 Å². The minimum absolute atomic E-state index is 0.0571. The summed E-state index contributed by atoms with van der Waals surface area (Å²) in [5.74, 6) is 0. The summed E-state index contributed by atoms with van der Waals surface area (Å²) in [6.45, 7) is 1.32. The molecule has 1 N–H and O–H groups in total. The number of nitro groups is 1. The molecule has 0 unspecified atom stereocenters. The molecule has 21 heavy (non-hydrogen) atoms. The van der Waals surface area contributed by atoms with Gasteiger partial charge in [0.1, 0.15) is 0 Å². The molecule has 8 nitrogen and oxygen atoms in total. The van der Waals surface area contributed by atoms with Gasteiger partial charge in [0, 0.05) is 32.3 Å². The van der Waals surface area contributed by atoms with Crippen molar-refractivity contribution < 1.29 is 23.2 Å². The Kier molecular flexibility index (Phi) is 6.21. The number of non-ortho nitro benzene ring substituents is 1. The molecule has 0 fully saturated rings. The van der Waals surface area contributed by atoms with Crippen LogP contribution in [0.4, 0.5) is 5.69 Å². The number of aryl methyl sites for hydroxylation is 1. The van der Waals surface area contributed by atoms with Crippen LogP contribution in [-0.2, 0) is 14.8 Å². The highest BCUT2D eigenvalue weighted by Gasteiger charge is 2.27. The Morgan fingerprint density at radius 2 is 2.05 bits per heavy atom. The van der Waals surface area contributed by atoms with Gasteiger partial charge in [-0.05, 0) is 12.5 Å². The van der Waals surface area contributed by atoms with E-state index in [1.807, 2.05) is 0 Å². The first kappa shape index (κ1) is 17.5. The number of benzene rings is 1. The van der Waals surface area contributed by atoms with Crippen molar-refractivity contribution in [2.24, 2.45) is 0 Å². The van der Waals surface area contributed by atoms with Gasteiger partial charge < -0.3 is 9.84 Å². The fraction of sp³-hybridized carbons (Fsp3) is 0.500. The predicted octanol–water partition coefficient (Wildman–Crippen LogP) is 0.533. The zero-order valence-corrected chi connectivity index (χ0v) is 12.7. The summed E-state index contributed by atoms with van der Waals surface area (Å²) in [6.07, 6.45) is 0. The molecule has 0 saturated heterocycles. The van der Waals surface area contributed by atoms with Gasteiger partial charge in [-0.1, -0.05) is 6.07 Å². The van der Waals surface area contributed by atoms with E-state index in [2.05, 4.69) is 0 Å². The van der Waals surface area contributed by atoms with Crippen LogP contribution >= 0.6 is 0 Å². The maximum atomic E-state index is 12.6. The number of ether oxygens (including phenoxy) is 1. The van der Waals surface area contributed by atoms with Crippen molar-refractivity contribution in [3.8, 4) is 0 Å². The van der Waals surface area contributed by atoms with Crippen molar-refractivity contribution in [1.29, 1.82) is 0 Å². The van der Waals surface area contributed by atoms with Gasteiger partial charge in [-0.15, -0.1) is 0 Å². The van der Waals surface area contributed by atoms with Gasteiger partial charge in [0.15, 0.2) is 0 Å². The van der Waals surface area contributed by atoms with E-state index >= 15 is 0 Å². The third-order valence-electron chi connectivity index (χ3n) is 2.89. The summed E-state index contributed by atoms with van der Waals surface area (Å²) in [5.41, 5.74) is 0.107. The first-order valence-electron chi connectivity index (χ1n) is 6.19. The van der Waals surface area contributed by atoms with Crippen LogP contribution in [0.25, 0.3) is 0 Å². The topological polar surface area (TPSA) is 110 Å². The van der Waals surface area contributed by atoms with Gasteiger partial charge in [0.2, 0.25) is 10.0 Å². The molecule has 1 aromatic rings. The van der Waals surface area contributed by atoms with Gasteiger partial charge in [-0.3, -0.25) is 10.1 Å². The van der Waals surface area contributed by atoms with Crippen LogP contribution in [-0.4, -0.2) is 56.2 Å². The summed E-state index contributed by atoms with van der Waals surface area (Å²) in [5, 5.41) is 19.8. The molecule has 118 valence electrons. The second-order valence-corrected chi connectivity index (χ2v) is 6.23. The van der Waals surface area contributed by atoms with Crippen molar-refractivity contribution in [2.45, 2.75) is 11.8 Å². The van der Waals surface area contributed by atoms with E-state index in [0.29, 0.717) is 5.56 Å². The lowest BCUT2D eigenvalue weighted by Gasteiger charge is -2.21. The van der Waals surface area contributed by atoms with Crippen LogP contribution in [0, 0.1) is 17.0 Å². The molecule has 1 rings (SSSR count). The normalized spacial score (nSPS) is 11.8. The third-order valence-corrected chi connectivity index (χ3v) is 4.94. The highest BCUT2D eigenvalue weighted by Crippen LogP contribution is 2.24. The van der Waals surface area contributed by atoms with Gasteiger partial charge in [-0.25, -0.2) is 8.42 Å². The second-order valence-electron chi connectivity index (χ2n) is 4.33. The van der Waals surface area contributed by atoms with Gasteiger partial charge in [0.05, 0.1) is 23.0 Å². The molecule has 9 heteroatoms. The van der Waals surface area contributed by atoms with E-state index in [1.165, 1.54) is 19.2 Å². The zero-order chi connectivity index (χ0) is 16.0. The molecule has 0 aliphatic carbocycles. The number of methoxy groups -OCH3 is 1. The van der Waals surface area contributed by atoms with E-state index in [0.717, 1.165) is 10.4 Å². The molecule has 0 atom stereocenters. The Morgan fingerprint density at radius 1 is 1.38 bits per heavy atom. The fourth-order valence-electron chi connectivity index (χ4n) is 1.78. The maximum Gasteiger partial charge on any atom is 0.270 e. The van der Waals surface area contributed by atoms with Crippen LogP contribution in [0.3, 0.4) is 0 Å². The lowest BCUT2D eigenvalue weighted by molar-refractivity contribution is -0.385. The number of sulfonamides is 1. The van der Waals surface area contributed by atoms with Crippen LogP contribution < -0.4 is 0 Å². The van der Waals surface area contributed by atoms with Crippen LogP contribution in [0.1, 0.15) is 5.56 Å². The lowest BCUT2D eigenvalue weighted by atomic mass is 10.2. The molecule has 0 bridgehead atoms. The summed E-state index contributed by atoms with van der Waals surface area (Å²) in [6, 6.07) is 3.67. The molecule has 0 radical (unpaired) electrons. The van der Waals surface area contributed by atoms with E-state index in [1.54, 1.807) is 6.92 Å². The van der Waals surface area contributed by atoms with Gasteiger partial charge >= 0.3 is 0 Å². The molecule has 1 aromatic carbocycles. The van der Waals surface area contributed by atoms with E-state index in [9.17, 15) is 18.5 Å². The largest absolute Gasteiger partial charge is 0.395 e. The highest BCUT2D eigenvalue weighted by atomic mass is 32.2. The zero-order valence-electron chi connectivity index (χ0n) is 11.9.